The summed E-state index contributed by atoms with van der Waals surface area (Å²) in [4.78, 5) is 0. The van der Waals surface area contributed by atoms with Crippen LogP contribution >= 0.6 is 0 Å². The van der Waals surface area contributed by atoms with Crippen molar-refractivity contribution < 1.29 is 14.6 Å². The molecule has 0 aliphatic carbocycles. The van der Waals surface area contributed by atoms with Gasteiger partial charge in [0.05, 0.1) is 25.4 Å². The molecule has 3 unspecified atom stereocenters. The highest BCUT2D eigenvalue weighted by molar-refractivity contribution is 4.53. The second-order valence-electron chi connectivity index (χ2n) is 3.65. The summed E-state index contributed by atoms with van der Waals surface area (Å²) in [6.07, 6.45) is 1.24. The van der Waals surface area contributed by atoms with E-state index in [0.29, 0.717) is 13.2 Å². The van der Waals surface area contributed by atoms with Gasteiger partial charge in [-0.25, -0.2) is 0 Å². The van der Waals surface area contributed by atoms with Crippen molar-refractivity contribution in [3.05, 3.63) is 0 Å². The van der Waals surface area contributed by atoms with Gasteiger partial charge in [-0.2, -0.15) is 0 Å². The van der Waals surface area contributed by atoms with Gasteiger partial charge in [-0.15, -0.1) is 0 Å². The van der Waals surface area contributed by atoms with Crippen molar-refractivity contribution in [3.8, 4) is 0 Å². The third-order valence-electron chi connectivity index (χ3n) is 1.74. The third-order valence-corrected chi connectivity index (χ3v) is 1.74. The van der Waals surface area contributed by atoms with Crippen molar-refractivity contribution in [2.45, 2.75) is 52.0 Å². The van der Waals surface area contributed by atoms with Crippen LogP contribution in [0.2, 0.25) is 0 Å². The molecule has 0 aromatic carbocycles. The summed E-state index contributed by atoms with van der Waals surface area (Å²) in [6.45, 7) is 6.48. The predicted octanol–water partition coefficient (Wildman–Crippen LogP) is 0.874. The molecule has 0 fully saturated rings. The summed E-state index contributed by atoms with van der Waals surface area (Å²) in [6, 6.07) is 0. The molecular formula is C10H23NO3. The number of nitrogens with two attached hydrogens (primary N) is 1. The molecule has 0 amide bonds. The van der Waals surface area contributed by atoms with Gasteiger partial charge in [0.2, 0.25) is 0 Å². The summed E-state index contributed by atoms with van der Waals surface area (Å²) in [5, 5.41) is 8.97. The van der Waals surface area contributed by atoms with Gasteiger partial charge in [0.15, 0.2) is 0 Å². The minimum Gasteiger partial charge on any atom is -0.391 e. The van der Waals surface area contributed by atoms with Crippen LogP contribution in [0.5, 0.6) is 0 Å². The van der Waals surface area contributed by atoms with E-state index in [4.69, 9.17) is 20.3 Å². The molecule has 0 spiro atoms. The van der Waals surface area contributed by atoms with Crippen molar-refractivity contribution in [1.29, 1.82) is 0 Å². The van der Waals surface area contributed by atoms with Crippen molar-refractivity contribution in [1.82, 2.24) is 0 Å². The Morgan fingerprint density at radius 3 is 2.36 bits per heavy atom. The Balaban J connectivity index is 3.38. The molecule has 0 aliphatic heterocycles. The lowest BCUT2D eigenvalue weighted by Gasteiger charge is -2.17. The van der Waals surface area contributed by atoms with Gasteiger partial charge in [-0.1, -0.05) is 13.3 Å². The van der Waals surface area contributed by atoms with Crippen LogP contribution in [0, 0.1) is 0 Å². The van der Waals surface area contributed by atoms with Crippen molar-refractivity contribution >= 4 is 0 Å². The average Bonchev–Trinajstić information content (AvgIpc) is 2.12. The Morgan fingerprint density at radius 2 is 1.86 bits per heavy atom. The van der Waals surface area contributed by atoms with E-state index in [-0.39, 0.29) is 12.3 Å². The molecule has 0 aliphatic rings. The lowest BCUT2D eigenvalue weighted by Crippen LogP contribution is -2.29. The zero-order valence-electron chi connectivity index (χ0n) is 9.40. The third kappa shape index (κ3) is 8.44. The van der Waals surface area contributed by atoms with Gasteiger partial charge in [0.25, 0.3) is 0 Å². The Hall–Kier alpha value is -0.160. The second-order valence-corrected chi connectivity index (χ2v) is 3.65. The lowest BCUT2D eigenvalue weighted by atomic mass is 10.3. The fourth-order valence-electron chi connectivity index (χ4n) is 0.979. The lowest BCUT2D eigenvalue weighted by molar-refractivity contribution is -0.0566. The number of hydrogen-bond donors (Lipinski definition) is 2. The minimum atomic E-state index is -0.429. The van der Waals surface area contributed by atoms with Gasteiger partial charge in [-0.05, 0) is 20.3 Å². The molecule has 0 saturated carbocycles. The molecule has 0 heterocycles. The quantitative estimate of drug-likeness (QED) is 0.577. The smallest absolute Gasteiger partial charge is 0.105 e. The minimum absolute atomic E-state index is 0.0208. The van der Waals surface area contributed by atoms with Gasteiger partial charge in [0, 0.05) is 0 Å². The largest absolute Gasteiger partial charge is 0.391 e. The molecule has 86 valence electrons. The first-order chi connectivity index (χ1) is 6.56. The van der Waals surface area contributed by atoms with Gasteiger partial charge >= 0.3 is 0 Å². The topological polar surface area (TPSA) is 64.7 Å². The number of aliphatic hydroxyl groups excluding tert-OH is 1. The van der Waals surface area contributed by atoms with Crippen LogP contribution in [0.3, 0.4) is 0 Å². The van der Waals surface area contributed by atoms with E-state index in [1.807, 2.05) is 6.92 Å². The number of rotatable bonds is 8. The van der Waals surface area contributed by atoms with Crippen LogP contribution in [0.25, 0.3) is 0 Å². The van der Waals surface area contributed by atoms with Crippen LogP contribution in [0.4, 0.5) is 0 Å². The van der Waals surface area contributed by atoms with Crippen molar-refractivity contribution in [3.63, 3.8) is 0 Å². The molecule has 4 nitrogen and oxygen atoms in total. The van der Waals surface area contributed by atoms with E-state index in [2.05, 4.69) is 6.92 Å². The summed E-state index contributed by atoms with van der Waals surface area (Å²) in [7, 11) is 0. The zero-order chi connectivity index (χ0) is 11.0. The first-order valence-electron chi connectivity index (χ1n) is 5.23. The maximum Gasteiger partial charge on any atom is 0.105 e. The van der Waals surface area contributed by atoms with Gasteiger partial charge in [0.1, 0.15) is 6.23 Å². The van der Waals surface area contributed by atoms with Crippen LogP contribution in [-0.4, -0.2) is 36.8 Å². The summed E-state index contributed by atoms with van der Waals surface area (Å²) in [5.74, 6) is 0. The summed E-state index contributed by atoms with van der Waals surface area (Å²) >= 11 is 0. The molecule has 0 bridgehead atoms. The number of hydrogen-bond acceptors (Lipinski definition) is 4. The van der Waals surface area contributed by atoms with Gasteiger partial charge in [-0.3, -0.25) is 0 Å². The zero-order valence-corrected chi connectivity index (χ0v) is 9.40. The molecule has 3 N–H and O–H groups in total. The SMILES string of the molecule is CCCC(N)OCC(C)OCC(C)O. The van der Waals surface area contributed by atoms with Crippen LogP contribution < -0.4 is 5.73 Å². The standard InChI is InChI=1S/C10H23NO3/c1-4-5-10(11)14-7-9(3)13-6-8(2)12/h8-10,12H,4-7,11H2,1-3H3. The Bertz CT molecular complexity index is 131. The van der Waals surface area contributed by atoms with E-state index in [9.17, 15) is 0 Å². The molecule has 0 saturated heterocycles. The Kier molecular flexibility index (Phi) is 8.08. The monoisotopic (exact) mass is 205 g/mol. The Morgan fingerprint density at radius 1 is 1.21 bits per heavy atom. The average molecular weight is 205 g/mol. The van der Waals surface area contributed by atoms with Crippen LogP contribution in [0.1, 0.15) is 33.6 Å². The highest BCUT2D eigenvalue weighted by Gasteiger charge is 2.07. The van der Waals surface area contributed by atoms with E-state index < -0.39 is 6.10 Å². The highest BCUT2D eigenvalue weighted by Crippen LogP contribution is 1.99. The van der Waals surface area contributed by atoms with Crippen molar-refractivity contribution in [2.24, 2.45) is 5.73 Å². The normalized spacial score (nSPS) is 17.8. The molecular weight excluding hydrogens is 182 g/mol. The van der Waals surface area contributed by atoms with E-state index in [1.165, 1.54) is 0 Å². The van der Waals surface area contributed by atoms with Crippen LogP contribution in [0.15, 0.2) is 0 Å². The predicted molar refractivity (Wildman–Crippen MR) is 55.9 cm³/mol. The van der Waals surface area contributed by atoms with E-state index >= 15 is 0 Å². The summed E-state index contributed by atoms with van der Waals surface area (Å²) in [5.41, 5.74) is 5.66. The van der Waals surface area contributed by atoms with E-state index in [1.54, 1.807) is 6.92 Å². The number of aliphatic hydroxyl groups is 1. The first-order valence-corrected chi connectivity index (χ1v) is 5.23. The molecule has 0 aromatic rings. The maximum absolute atomic E-state index is 8.97. The summed E-state index contributed by atoms with van der Waals surface area (Å²) < 4.78 is 10.6. The molecule has 0 rings (SSSR count). The molecule has 4 heteroatoms. The Labute approximate surface area is 86.4 Å². The fraction of sp³-hybridized carbons (Fsp3) is 1.00. The fourth-order valence-corrected chi connectivity index (χ4v) is 0.979. The van der Waals surface area contributed by atoms with E-state index in [0.717, 1.165) is 12.8 Å². The van der Waals surface area contributed by atoms with Crippen molar-refractivity contribution in [2.75, 3.05) is 13.2 Å². The van der Waals surface area contributed by atoms with Crippen LogP contribution in [-0.2, 0) is 9.47 Å². The van der Waals surface area contributed by atoms with Gasteiger partial charge < -0.3 is 20.3 Å². The number of ether oxygens (including phenoxy) is 2. The highest BCUT2D eigenvalue weighted by atomic mass is 16.5. The first kappa shape index (κ1) is 13.8. The maximum atomic E-state index is 8.97. The molecule has 3 atom stereocenters. The second kappa shape index (κ2) is 8.17. The molecule has 0 radical (unpaired) electrons. The molecule has 14 heavy (non-hydrogen) atoms. The molecule has 0 aromatic heterocycles.